The minimum Gasteiger partial charge on any atom is -0.502 e. The van der Waals surface area contributed by atoms with Gasteiger partial charge >= 0.3 is 0 Å². The number of hydrogen-bond acceptors (Lipinski definition) is 3. The number of rotatable bonds is 53. The first-order valence-electron chi connectivity index (χ1n) is 48.7. The maximum atomic E-state index is 6.75. The van der Waals surface area contributed by atoms with Gasteiger partial charge in [0.15, 0.2) is 0 Å². The monoisotopic (exact) mass is 1600 g/mol. The van der Waals surface area contributed by atoms with Crippen molar-refractivity contribution in [1.82, 2.24) is 0 Å². The molecule has 9 aromatic carbocycles. The van der Waals surface area contributed by atoms with Gasteiger partial charge in [0, 0.05) is 34.9 Å². The van der Waals surface area contributed by atoms with Gasteiger partial charge in [-0.15, -0.1) is 0 Å². The van der Waals surface area contributed by atoms with Gasteiger partial charge in [0.25, 0.3) is 0 Å². The third-order valence-electron chi connectivity index (χ3n) is 28.3. The van der Waals surface area contributed by atoms with Crippen LogP contribution in [0.1, 0.15) is 372 Å². The van der Waals surface area contributed by atoms with E-state index in [4.69, 9.17) is 14.2 Å². The molecule has 4 nitrogen and oxygen atoms in total. The van der Waals surface area contributed by atoms with Crippen LogP contribution in [0.5, 0.6) is 11.5 Å². The fourth-order valence-electron chi connectivity index (χ4n) is 21.4. The number of fused-ring (bicyclic) bond motifs is 9. The van der Waals surface area contributed by atoms with Crippen LogP contribution in [-0.2, 0) is 34.2 Å². The van der Waals surface area contributed by atoms with Gasteiger partial charge in [0.05, 0.1) is 13.3 Å². The summed E-state index contributed by atoms with van der Waals surface area (Å²) in [5.41, 5.74) is 32.9. The normalized spacial score (nSPS) is 14.5. The van der Waals surface area contributed by atoms with Crippen LogP contribution in [0.3, 0.4) is 0 Å². The molecule has 0 fully saturated rings. The average molecular weight is 1610 g/mol. The molecule has 0 amide bonds. The molecule has 0 saturated heterocycles. The minimum atomic E-state index is -0.113. The van der Waals surface area contributed by atoms with Crippen molar-refractivity contribution in [3.63, 3.8) is 0 Å². The van der Waals surface area contributed by atoms with Crippen LogP contribution in [0.25, 0.3) is 72.5 Å². The van der Waals surface area contributed by atoms with Gasteiger partial charge in [-0.25, -0.2) is 0 Å². The van der Waals surface area contributed by atoms with Crippen molar-refractivity contribution in [3.05, 3.63) is 262 Å². The van der Waals surface area contributed by atoms with Gasteiger partial charge in [-0.3, -0.25) is 0 Å². The van der Waals surface area contributed by atoms with Crippen molar-refractivity contribution in [2.24, 2.45) is 0 Å². The largest absolute Gasteiger partial charge is 0.502 e. The van der Waals surface area contributed by atoms with E-state index >= 15 is 0 Å². The highest BCUT2D eigenvalue weighted by atomic mass is 16.5. The molecule has 1 heterocycles. The van der Waals surface area contributed by atoms with Crippen molar-refractivity contribution < 1.29 is 18.8 Å². The zero-order valence-electron chi connectivity index (χ0n) is 76.0. The maximum Gasteiger partial charge on any atom is 0.146 e. The lowest BCUT2D eigenvalue weighted by Crippen LogP contribution is -2.26. The Hall–Kier alpha value is -8.60. The first kappa shape index (κ1) is 89.2. The molecule has 1 aliphatic heterocycles. The molecule has 0 saturated carbocycles. The van der Waals surface area contributed by atoms with E-state index < -0.39 is 0 Å². The quantitative estimate of drug-likeness (QED) is 0.0165. The number of aryl methyl sites for hydroxylation is 2. The molecule has 0 radical (unpaired) electrons. The Morgan fingerprint density at radius 2 is 0.558 bits per heavy atom. The summed E-state index contributed by atoms with van der Waals surface area (Å²) in [6.45, 7) is 19.5. The topological polar surface area (TPSA) is 30.7 Å². The second kappa shape index (κ2) is 44.5. The van der Waals surface area contributed by atoms with E-state index in [0.29, 0.717) is 30.5 Å². The predicted molar refractivity (Wildman–Crippen MR) is 515 cm³/mol. The number of nitrogens with zero attached hydrogens (tertiary/aromatic N) is 1. The molecular weight excluding hydrogens is 1460 g/mol. The zero-order chi connectivity index (χ0) is 83.5. The number of benzene rings is 9. The van der Waals surface area contributed by atoms with E-state index in [9.17, 15) is 0 Å². The Morgan fingerprint density at radius 1 is 0.292 bits per heavy atom. The number of ether oxygens (including phenoxy) is 3. The summed E-state index contributed by atoms with van der Waals surface area (Å²) in [5.74, 6) is 2.13. The van der Waals surface area contributed by atoms with Gasteiger partial charge in [-0.1, -0.05) is 423 Å². The van der Waals surface area contributed by atoms with Crippen LogP contribution in [-0.4, -0.2) is 17.9 Å². The number of allylic oxidation sites excluding steroid dienone is 2. The summed E-state index contributed by atoms with van der Waals surface area (Å²) < 4.78 is 21.2. The van der Waals surface area contributed by atoms with Crippen LogP contribution in [0, 0.1) is 20.9 Å². The molecule has 0 atom stereocenters. The zero-order valence-corrected chi connectivity index (χ0v) is 76.0. The highest BCUT2D eigenvalue weighted by molar-refractivity contribution is 5.91. The molecule has 120 heavy (non-hydrogen) atoms. The van der Waals surface area contributed by atoms with Crippen LogP contribution in [0.4, 0.5) is 0 Å². The van der Waals surface area contributed by atoms with E-state index in [-0.39, 0.29) is 16.2 Å². The molecule has 13 rings (SSSR count). The fraction of sp³-hybridized carbons (Fsp3) is 0.483. The molecule has 0 bridgehead atoms. The van der Waals surface area contributed by atoms with Gasteiger partial charge in [-0.05, 0) is 206 Å². The Balaban J connectivity index is 0.862. The second-order valence-corrected chi connectivity index (χ2v) is 37.1. The SMILES string of the molecule is [CH2-][N+]1=CC=CC1=C(OC)c1cc(OCc2ccc(C)cc2)cc(OCc2ccc(-c3ccc4c(c3)C(CCCCCCCC)(CCCCCCCC)c3cc(-c5ccc6c(c5)C(CCCCCCCC)(CCCCCCCC)c5cc(-c7ccc8c(c7)C(CCCCCCCC)(CCCCCCCC)c7cc(C)ccc7-8)ccc5-6)ccc3-4)cc2)c1. The maximum absolute atomic E-state index is 6.75. The van der Waals surface area contributed by atoms with Gasteiger partial charge in [0.2, 0.25) is 0 Å². The van der Waals surface area contributed by atoms with Gasteiger partial charge in [0.1, 0.15) is 36.2 Å². The Morgan fingerprint density at radius 3 is 0.858 bits per heavy atom. The van der Waals surface area contributed by atoms with Crippen LogP contribution in [0.15, 0.2) is 194 Å². The lowest BCUT2D eigenvalue weighted by molar-refractivity contribution is -0.393. The summed E-state index contributed by atoms with van der Waals surface area (Å²) in [4.78, 5) is 0. The summed E-state index contributed by atoms with van der Waals surface area (Å²) in [6.07, 6.45) is 60.2. The second-order valence-electron chi connectivity index (χ2n) is 37.1. The first-order chi connectivity index (χ1) is 58.9. The van der Waals surface area contributed by atoms with Crippen molar-refractivity contribution in [1.29, 1.82) is 0 Å². The molecule has 0 aromatic heterocycles. The molecule has 4 aliphatic rings. The average Bonchev–Trinajstić information content (AvgIpc) is 1.56. The molecular formula is C116H149NO3. The highest BCUT2D eigenvalue weighted by Crippen LogP contribution is 2.60. The van der Waals surface area contributed by atoms with E-state index in [0.717, 1.165) is 22.4 Å². The van der Waals surface area contributed by atoms with Crippen molar-refractivity contribution in [2.75, 3.05) is 7.11 Å². The lowest BCUT2D eigenvalue weighted by Gasteiger charge is -2.34. The van der Waals surface area contributed by atoms with Crippen molar-refractivity contribution >= 4 is 12.0 Å². The van der Waals surface area contributed by atoms with E-state index in [1.54, 1.807) is 40.5 Å². The number of unbranched alkanes of at least 4 members (excludes halogenated alkanes) is 30. The Bertz CT molecular complexity index is 4810. The summed E-state index contributed by atoms with van der Waals surface area (Å²) in [7, 11) is 5.95. The van der Waals surface area contributed by atoms with Crippen molar-refractivity contribution in [3.8, 4) is 78.3 Å². The summed E-state index contributed by atoms with van der Waals surface area (Å²) in [6, 6.07) is 70.4. The molecule has 0 N–H and O–H groups in total. The smallest absolute Gasteiger partial charge is 0.146 e. The standard InChI is InChI=1S/C116H149NO3/c1-11-17-23-29-35-41-69-114(70-42-36-30-24-18-12-2)106-76-88(8)51-63-100(106)101-65-59-93(80-108(101)114)94-61-67-104-105-68-62-96(83-111(105)116(110(104)82-94,73-45-39-33-27-21-15-5)74-46-40-34-28-22-16-6)95-60-66-103-102-64-58-92(79-107(102)115(109(103)81-95,71-43-37-31-25-19-13-3)72-44-38-32-26-20-14-4)91-56-54-90(55-57-91)86-120-99-78-97(113(118-10)112-48-47-75-117(112)9)77-98(84-99)119-85-89-52-49-87(7)50-53-89/h47-68,75-84H,9,11-46,69-74,85-86H2,1-8,10H3. The van der Waals surface area contributed by atoms with E-state index in [2.05, 4.69) is 226 Å². The van der Waals surface area contributed by atoms with Crippen molar-refractivity contribution in [2.45, 2.75) is 355 Å². The minimum absolute atomic E-state index is 0.0281. The van der Waals surface area contributed by atoms with E-state index in [1.807, 2.05) is 35.1 Å². The molecule has 0 unspecified atom stereocenters. The first-order valence-corrected chi connectivity index (χ1v) is 48.7. The van der Waals surface area contributed by atoms with E-state index in [1.165, 1.54) is 348 Å². The molecule has 9 aromatic rings. The third kappa shape index (κ3) is 21.3. The van der Waals surface area contributed by atoms with Crippen LogP contribution in [0.2, 0.25) is 0 Å². The molecule has 4 heteroatoms. The summed E-state index contributed by atoms with van der Waals surface area (Å²) >= 11 is 0. The number of methoxy groups -OCH3 is 1. The van der Waals surface area contributed by atoms with Crippen LogP contribution >= 0.6 is 0 Å². The van der Waals surface area contributed by atoms with Gasteiger partial charge < -0.3 is 18.8 Å². The van der Waals surface area contributed by atoms with Crippen LogP contribution < -0.4 is 9.47 Å². The summed E-state index contributed by atoms with van der Waals surface area (Å²) in [5, 5.41) is 0. The molecule has 3 aliphatic carbocycles. The van der Waals surface area contributed by atoms with Gasteiger partial charge in [-0.2, -0.15) is 0 Å². The lowest BCUT2D eigenvalue weighted by atomic mass is 9.69. The highest BCUT2D eigenvalue weighted by Gasteiger charge is 2.47. The Labute approximate surface area is 728 Å². The number of hydrogen-bond donors (Lipinski definition) is 0. The molecule has 636 valence electrons. The Kier molecular flexibility index (Phi) is 33.0. The fourth-order valence-corrected chi connectivity index (χ4v) is 21.4. The third-order valence-corrected chi connectivity index (χ3v) is 28.3. The predicted octanol–water partition coefficient (Wildman–Crippen LogP) is 34.5. The molecule has 0 spiro atoms.